The molecule has 0 bridgehead atoms. The van der Waals surface area contributed by atoms with Crippen LogP contribution in [0.1, 0.15) is 91.9 Å². The Bertz CT molecular complexity index is 490. The molecule has 0 saturated heterocycles. The number of nitrogens with zero attached hydrogens (tertiary/aromatic N) is 1. The van der Waals surface area contributed by atoms with Crippen molar-refractivity contribution >= 4 is 11.8 Å². The van der Waals surface area contributed by atoms with Crippen molar-refractivity contribution < 1.29 is 14.7 Å². The Kier molecular flexibility index (Phi) is 20.1. The van der Waals surface area contributed by atoms with Crippen molar-refractivity contribution in [1.82, 2.24) is 15.5 Å². The number of carbonyl (C=O) groups excluding carboxylic acids is 2. The van der Waals surface area contributed by atoms with E-state index in [-0.39, 0.29) is 30.5 Å². The highest BCUT2D eigenvalue weighted by atomic mass is 16.3. The molecular weight excluding hydrogens is 402 g/mol. The summed E-state index contributed by atoms with van der Waals surface area (Å²) < 4.78 is 0. The summed E-state index contributed by atoms with van der Waals surface area (Å²) in [6.45, 7) is 10.1. The molecule has 0 aliphatic heterocycles. The maximum Gasteiger partial charge on any atom is 0.220 e. The van der Waals surface area contributed by atoms with E-state index in [1.165, 1.54) is 25.7 Å². The van der Waals surface area contributed by atoms with E-state index >= 15 is 0 Å². The van der Waals surface area contributed by atoms with Gasteiger partial charge in [0, 0.05) is 44.6 Å². The van der Waals surface area contributed by atoms with Crippen molar-refractivity contribution in [3.63, 3.8) is 0 Å². The number of aliphatic hydroxyl groups is 1. The van der Waals surface area contributed by atoms with Gasteiger partial charge in [0.15, 0.2) is 0 Å². The predicted octanol–water partition coefficient (Wildman–Crippen LogP) is 4.34. The van der Waals surface area contributed by atoms with Crippen LogP contribution in [0.2, 0.25) is 0 Å². The number of hydrogen-bond donors (Lipinski definition) is 3. The molecule has 2 unspecified atom stereocenters. The summed E-state index contributed by atoms with van der Waals surface area (Å²) in [5.74, 6) is 0.102. The van der Waals surface area contributed by atoms with Crippen LogP contribution in [0.25, 0.3) is 0 Å². The summed E-state index contributed by atoms with van der Waals surface area (Å²) in [4.78, 5) is 26.4. The van der Waals surface area contributed by atoms with E-state index in [1.54, 1.807) is 0 Å². The molecule has 0 fully saturated rings. The Morgan fingerprint density at radius 3 is 1.56 bits per heavy atom. The monoisotopic (exact) mass is 451 g/mol. The average molecular weight is 452 g/mol. The van der Waals surface area contributed by atoms with Gasteiger partial charge in [-0.1, -0.05) is 63.8 Å². The summed E-state index contributed by atoms with van der Waals surface area (Å²) in [5, 5.41) is 15.5. The molecule has 0 radical (unpaired) electrons. The topological polar surface area (TPSA) is 81.7 Å². The van der Waals surface area contributed by atoms with Gasteiger partial charge >= 0.3 is 0 Å². The van der Waals surface area contributed by atoms with Crippen LogP contribution >= 0.6 is 0 Å². The summed E-state index contributed by atoms with van der Waals surface area (Å²) in [6, 6.07) is -0.0384. The Balaban J connectivity index is 4.23. The first-order chi connectivity index (χ1) is 15.4. The predicted molar refractivity (Wildman–Crippen MR) is 135 cm³/mol. The van der Waals surface area contributed by atoms with E-state index in [2.05, 4.69) is 53.7 Å². The van der Waals surface area contributed by atoms with Crippen molar-refractivity contribution in [2.45, 2.75) is 104 Å². The second-order valence-electron chi connectivity index (χ2n) is 8.72. The van der Waals surface area contributed by atoms with Crippen molar-refractivity contribution in [2.24, 2.45) is 0 Å². The molecule has 0 aliphatic rings. The van der Waals surface area contributed by atoms with Crippen molar-refractivity contribution in [2.75, 3.05) is 26.2 Å². The Morgan fingerprint density at radius 2 is 1.19 bits per heavy atom. The fraction of sp³-hybridized carbons (Fsp3) is 0.769. The third-order valence-electron chi connectivity index (χ3n) is 5.15. The largest absolute Gasteiger partial charge is 0.395 e. The van der Waals surface area contributed by atoms with E-state index in [0.717, 1.165) is 25.7 Å². The lowest BCUT2D eigenvalue weighted by Gasteiger charge is -2.28. The quantitative estimate of drug-likeness (QED) is 0.190. The van der Waals surface area contributed by atoms with Gasteiger partial charge < -0.3 is 15.7 Å². The van der Waals surface area contributed by atoms with Crippen LogP contribution in [-0.2, 0) is 9.59 Å². The summed E-state index contributed by atoms with van der Waals surface area (Å²) in [5.41, 5.74) is 0. The van der Waals surface area contributed by atoms with Crippen LogP contribution in [-0.4, -0.2) is 60.1 Å². The van der Waals surface area contributed by atoms with Crippen LogP contribution < -0.4 is 10.6 Å². The molecule has 186 valence electrons. The Hall–Kier alpha value is -1.66. The molecule has 6 heteroatoms. The molecule has 2 amide bonds. The number of carbonyl (C=O) groups is 2. The van der Waals surface area contributed by atoms with Crippen LogP contribution in [0, 0.1) is 0 Å². The molecule has 0 aliphatic carbocycles. The molecule has 0 spiro atoms. The summed E-state index contributed by atoms with van der Waals surface area (Å²) >= 11 is 0. The van der Waals surface area contributed by atoms with Gasteiger partial charge in [-0.3, -0.25) is 14.5 Å². The fourth-order valence-corrected chi connectivity index (χ4v) is 3.50. The van der Waals surface area contributed by atoms with E-state index in [0.29, 0.717) is 32.5 Å². The van der Waals surface area contributed by atoms with Crippen LogP contribution in [0.4, 0.5) is 0 Å². The normalized spacial score (nSPS) is 13.7. The highest BCUT2D eigenvalue weighted by molar-refractivity contribution is 5.76. The van der Waals surface area contributed by atoms with Crippen molar-refractivity contribution in [3.8, 4) is 0 Å². The first kappa shape index (κ1) is 30.3. The van der Waals surface area contributed by atoms with Gasteiger partial charge in [0.1, 0.15) is 0 Å². The first-order valence-electron chi connectivity index (χ1n) is 12.6. The maximum atomic E-state index is 12.2. The molecule has 3 N–H and O–H groups in total. The smallest absolute Gasteiger partial charge is 0.220 e. The molecule has 0 aromatic rings. The Labute approximate surface area is 196 Å². The van der Waals surface area contributed by atoms with Crippen molar-refractivity contribution in [1.29, 1.82) is 0 Å². The molecule has 0 rings (SSSR count). The molecule has 0 saturated carbocycles. The fourth-order valence-electron chi connectivity index (χ4n) is 3.50. The van der Waals surface area contributed by atoms with Gasteiger partial charge in [0.05, 0.1) is 6.61 Å². The van der Waals surface area contributed by atoms with Gasteiger partial charge in [-0.15, -0.1) is 0 Å². The third kappa shape index (κ3) is 19.1. The van der Waals surface area contributed by atoms with Gasteiger partial charge in [0.25, 0.3) is 0 Å². The minimum atomic E-state index is -0.0192. The number of amides is 2. The number of nitrogens with one attached hydrogen (secondary N) is 2. The SMILES string of the molecule is CCCC/C=C/CCC(=O)NC(C)CN(CCO)CC(C)NC(=O)CC/C=C/CCCC. The zero-order valence-corrected chi connectivity index (χ0v) is 21.1. The third-order valence-corrected chi connectivity index (χ3v) is 5.15. The molecule has 0 heterocycles. The number of allylic oxidation sites excluding steroid dienone is 4. The minimum absolute atomic E-state index is 0.0192. The molecule has 2 atom stereocenters. The van der Waals surface area contributed by atoms with Gasteiger partial charge in [-0.25, -0.2) is 0 Å². The van der Waals surface area contributed by atoms with E-state index in [1.807, 2.05) is 13.8 Å². The zero-order valence-electron chi connectivity index (χ0n) is 21.1. The summed E-state index contributed by atoms with van der Waals surface area (Å²) in [6.07, 6.45) is 17.9. The molecule has 32 heavy (non-hydrogen) atoms. The lowest BCUT2D eigenvalue weighted by atomic mass is 10.2. The van der Waals surface area contributed by atoms with Crippen LogP contribution in [0.3, 0.4) is 0 Å². The first-order valence-corrected chi connectivity index (χ1v) is 12.6. The number of hydrogen-bond acceptors (Lipinski definition) is 4. The molecular formula is C26H49N3O3. The molecule has 0 aromatic heterocycles. The summed E-state index contributed by atoms with van der Waals surface area (Å²) in [7, 11) is 0. The van der Waals surface area contributed by atoms with Crippen molar-refractivity contribution in [3.05, 3.63) is 24.3 Å². The second kappa shape index (κ2) is 21.2. The number of unbranched alkanes of at least 4 members (excludes halogenated alkanes) is 4. The second-order valence-corrected chi connectivity index (χ2v) is 8.72. The number of rotatable bonds is 20. The molecule has 0 aromatic carbocycles. The van der Waals surface area contributed by atoms with E-state index in [4.69, 9.17) is 0 Å². The highest BCUT2D eigenvalue weighted by Gasteiger charge is 2.16. The van der Waals surface area contributed by atoms with E-state index < -0.39 is 0 Å². The molecule has 6 nitrogen and oxygen atoms in total. The van der Waals surface area contributed by atoms with E-state index in [9.17, 15) is 14.7 Å². The zero-order chi connectivity index (χ0) is 24.0. The number of aliphatic hydroxyl groups excluding tert-OH is 1. The Morgan fingerprint density at radius 1 is 0.781 bits per heavy atom. The highest BCUT2D eigenvalue weighted by Crippen LogP contribution is 2.02. The lowest BCUT2D eigenvalue weighted by molar-refractivity contribution is -0.122. The standard InChI is InChI=1S/C26H49N3O3/c1-5-7-9-11-13-15-17-25(31)27-23(3)21-29(19-20-30)22-24(4)28-26(32)18-16-14-12-10-8-6-2/h11-14,23-24,30H,5-10,15-22H2,1-4H3,(H,27,31)(H,28,32)/b13-11+,14-12+. The van der Waals surface area contributed by atoms with Gasteiger partial charge in [-0.05, 0) is 39.5 Å². The van der Waals surface area contributed by atoms with Gasteiger partial charge in [-0.2, -0.15) is 0 Å². The lowest BCUT2D eigenvalue weighted by Crippen LogP contribution is -2.48. The maximum absolute atomic E-state index is 12.2. The van der Waals surface area contributed by atoms with Crippen LogP contribution in [0.5, 0.6) is 0 Å². The van der Waals surface area contributed by atoms with Gasteiger partial charge in [0.2, 0.25) is 11.8 Å². The van der Waals surface area contributed by atoms with Crippen LogP contribution in [0.15, 0.2) is 24.3 Å². The average Bonchev–Trinajstić information content (AvgIpc) is 2.73. The minimum Gasteiger partial charge on any atom is -0.395 e.